The van der Waals surface area contributed by atoms with Gasteiger partial charge in [0.25, 0.3) is 0 Å². The highest BCUT2D eigenvalue weighted by atomic mass is 79.9. The molecule has 0 spiro atoms. The molecule has 1 aromatic rings. The van der Waals surface area contributed by atoms with Crippen LogP contribution >= 0.6 is 27.7 Å². The molecule has 15 heavy (non-hydrogen) atoms. The molecule has 0 bridgehead atoms. The van der Waals surface area contributed by atoms with Gasteiger partial charge in [0, 0.05) is 19.7 Å². The Balaban J connectivity index is 3.13. The lowest BCUT2D eigenvalue weighted by Gasteiger charge is -2.19. The van der Waals surface area contributed by atoms with Crippen LogP contribution < -0.4 is 0 Å². The summed E-state index contributed by atoms with van der Waals surface area (Å²) in [6.07, 6.45) is 0. The van der Waals surface area contributed by atoms with Gasteiger partial charge < -0.3 is 0 Å². The predicted octanol–water partition coefficient (Wildman–Crippen LogP) is 4.54. The third-order valence-electron chi connectivity index (χ3n) is 1.74. The fourth-order valence-electron chi connectivity index (χ4n) is 1.20. The van der Waals surface area contributed by atoms with E-state index in [4.69, 9.17) is 0 Å². The first-order chi connectivity index (χ1) is 6.79. The molecule has 0 N–H and O–H groups in total. The Kier molecular flexibility index (Phi) is 4.01. The molecule has 0 radical (unpaired) electrons. The number of Topliss-reactive ketones (excluding diaryl/α,β-unsaturated/α-hetero) is 1. The molecule has 3 heteroatoms. The molecule has 0 aliphatic carbocycles. The fraction of sp³-hybridized carbons (Fsp3) is 0.417. The Bertz CT molecular complexity index is 380. The number of carbonyl (C=O) groups excluding carboxylic acids is 1. The number of benzene rings is 1. The number of ketones is 1. The Labute approximate surface area is 104 Å². The van der Waals surface area contributed by atoms with E-state index in [-0.39, 0.29) is 10.5 Å². The molecule has 0 unspecified atom stereocenters. The molecule has 0 saturated heterocycles. The van der Waals surface area contributed by atoms with Gasteiger partial charge >= 0.3 is 0 Å². The number of thioether (sulfide) groups is 1. The van der Waals surface area contributed by atoms with Crippen molar-refractivity contribution in [3.8, 4) is 0 Å². The van der Waals surface area contributed by atoms with Gasteiger partial charge in [-0.15, -0.1) is 11.8 Å². The van der Waals surface area contributed by atoms with Crippen LogP contribution in [0.4, 0.5) is 0 Å². The number of hydrogen-bond acceptors (Lipinski definition) is 2. The average Bonchev–Trinajstić information content (AvgIpc) is 1.99. The smallest absolute Gasteiger partial charge is 0.160 e. The minimum Gasteiger partial charge on any atom is -0.294 e. The van der Waals surface area contributed by atoms with Crippen LogP contribution in [0.5, 0.6) is 0 Å². The molecule has 0 saturated carbocycles. The summed E-state index contributed by atoms with van der Waals surface area (Å²) in [6, 6.07) is 5.79. The van der Waals surface area contributed by atoms with Crippen molar-refractivity contribution in [1.29, 1.82) is 0 Å². The molecule has 0 fully saturated rings. The van der Waals surface area contributed by atoms with Crippen molar-refractivity contribution in [2.45, 2.75) is 37.3 Å². The summed E-state index contributed by atoms with van der Waals surface area (Å²) in [5, 5.41) is 0. The zero-order chi connectivity index (χ0) is 11.6. The fourth-order valence-corrected chi connectivity index (χ4v) is 2.88. The van der Waals surface area contributed by atoms with Gasteiger partial charge in [-0.3, -0.25) is 4.79 Å². The lowest BCUT2D eigenvalue weighted by Crippen LogP contribution is -2.08. The average molecular weight is 287 g/mol. The summed E-state index contributed by atoms with van der Waals surface area (Å²) in [7, 11) is 0. The van der Waals surface area contributed by atoms with Crippen molar-refractivity contribution in [2.24, 2.45) is 0 Å². The van der Waals surface area contributed by atoms with Crippen LogP contribution in [0.25, 0.3) is 0 Å². The Hall–Kier alpha value is -0.280. The summed E-state index contributed by atoms with van der Waals surface area (Å²) < 4.78 is 1.13. The maximum atomic E-state index is 11.4. The van der Waals surface area contributed by atoms with Crippen LogP contribution in [0.3, 0.4) is 0 Å². The minimum absolute atomic E-state index is 0.116. The molecular weight excluding hydrogens is 272 g/mol. The number of carbonyl (C=O) groups is 1. The quantitative estimate of drug-likeness (QED) is 0.586. The van der Waals surface area contributed by atoms with Crippen LogP contribution in [0.2, 0.25) is 0 Å². The normalized spacial score (nSPS) is 11.5. The Morgan fingerprint density at radius 3 is 2.40 bits per heavy atom. The summed E-state index contributed by atoms with van der Waals surface area (Å²) in [6.45, 7) is 8.03. The highest BCUT2D eigenvalue weighted by Gasteiger charge is 2.16. The van der Waals surface area contributed by atoms with E-state index in [1.165, 1.54) is 0 Å². The molecule has 0 amide bonds. The van der Waals surface area contributed by atoms with E-state index in [0.717, 1.165) is 14.9 Å². The third-order valence-corrected chi connectivity index (χ3v) is 3.40. The topological polar surface area (TPSA) is 17.1 Å². The first-order valence-electron chi connectivity index (χ1n) is 4.79. The lowest BCUT2D eigenvalue weighted by molar-refractivity contribution is 0.101. The molecular formula is C12H15BrOS. The zero-order valence-corrected chi connectivity index (χ0v) is 11.8. The van der Waals surface area contributed by atoms with Gasteiger partial charge in [-0.25, -0.2) is 0 Å². The molecule has 0 aromatic heterocycles. The van der Waals surface area contributed by atoms with Crippen molar-refractivity contribution in [3.63, 3.8) is 0 Å². The van der Waals surface area contributed by atoms with Gasteiger partial charge in [0.05, 0.1) is 0 Å². The van der Waals surface area contributed by atoms with Crippen LogP contribution in [-0.2, 0) is 0 Å². The Morgan fingerprint density at radius 1 is 1.33 bits per heavy atom. The van der Waals surface area contributed by atoms with Crippen LogP contribution in [0, 0.1) is 0 Å². The van der Waals surface area contributed by atoms with E-state index in [1.807, 2.05) is 18.2 Å². The molecule has 1 nitrogen and oxygen atoms in total. The minimum atomic E-state index is 0.116. The molecule has 0 atom stereocenters. The van der Waals surface area contributed by atoms with Gasteiger partial charge in [-0.2, -0.15) is 0 Å². The lowest BCUT2D eigenvalue weighted by atomic mass is 10.1. The molecule has 0 aliphatic heterocycles. The summed E-state index contributed by atoms with van der Waals surface area (Å²) in [5.74, 6) is 0.120. The van der Waals surface area contributed by atoms with Crippen LogP contribution in [-0.4, -0.2) is 10.5 Å². The first kappa shape index (κ1) is 12.8. The molecule has 82 valence electrons. The van der Waals surface area contributed by atoms with Crippen molar-refractivity contribution < 1.29 is 4.79 Å². The summed E-state index contributed by atoms with van der Waals surface area (Å²) in [4.78, 5) is 12.5. The van der Waals surface area contributed by atoms with E-state index in [2.05, 4.69) is 36.7 Å². The van der Waals surface area contributed by atoms with Crippen molar-refractivity contribution >= 4 is 33.5 Å². The molecule has 1 rings (SSSR count). The van der Waals surface area contributed by atoms with E-state index < -0.39 is 0 Å². The first-order valence-corrected chi connectivity index (χ1v) is 6.40. The van der Waals surface area contributed by atoms with Gasteiger partial charge in [-0.1, -0.05) is 36.7 Å². The van der Waals surface area contributed by atoms with Crippen molar-refractivity contribution in [1.82, 2.24) is 0 Å². The van der Waals surface area contributed by atoms with E-state index in [1.54, 1.807) is 18.7 Å². The van der Waals surface area contributed by atoms with Gasteiger partial charge in [0.1, 0.15) is 0 Å². The molecule has 0 heterocycles. The zero-order valence-electron chi connectivity index (χ0n) is 9.43. The molecule has 0 aliphatic rings. The van der Waals surface area contributed by atoms with E-state index in [0.29, 0.717) is 0 Å². The summed E-state index contributed by atoms with van der Waals surface area (Å²) >= 11 is 5.15. The summed E-state index contributed by atoms with van der Waals surface area (Å²) in [5.41, 5.74) is 0.804. The van der Waals surface area contributed by atoms with Crippen LogP contribution in [0.15, 0.2) is 27.6 Å². The Morgan fingerprint density at radius 2 is 1.93 bits per heavy atom. The van der Waals surface area contributed by atoms with Crippen molar-refractivity contribution in [2.75, 3.05) is 0 Å². The van der Waals surface area contributed by atoms with Crippen LogP contribution in [0.1, 0.15) is 38.1 Å². The highest BCUT2D eigenvalue weighted by molar-refractivity contribution is 9.10. The van der Waals surface area contributed by atoms with Gasteiger partial charge in [-0.05, 0) is 25.1 Å². The SMILES string of the molecule is CC(=O)c1ccc(Br)cc1SC(C)(C)C. The van der Waals surface area contributed by atoms with E-state index in [9.17, 15) is 4.79 Å². The van der Waals surface area contributed by atoms with Gasteiger partial charge in [0.2, 0.25) is 0 Å². The van der Waals surface area contributed by atoms with Gasteiger partial charge in [0.15, 0.2) is 5.78 Å². The standard InChI is InChI=1S/C12H15BrOS/c1-8(14)10-6-5-9(13)7-11(10)15-12(2,3)4/h5-7H,1-4H3. The van der Waals surface area contributed by atoms with Crippen molar-refractivity contribution in [3.05, 3.63) is 28.2 Å². The number of halogens is 1. The van der Waals surface area contributed by atoms with E-state index >= 15 is 0 Å². The maximum absolute atomic E-state index is 11.4. The second-order valence-corrected chi connectivity index (χ2v) is 7.20. The monoisotopic (exact) mass is 286 g/mol. The second kappa shape index (κ2) is 4.71. The third kappa shape index (κ3) is 3.99. The number of rotatable bonds is 2. The highest BCUT2D eigenvalue weighted by Crippen LogP contribution is 2.35. The maximum Gasteiger partial charge on any atom is 0.160 e. The second-order valence-electron chi connectivity index (χ2n) is 4.41. The number of hydrogen-bond donors (Lipinski definition) is 0. The molecule has 1 aromatic carbocycles. The largest absolute Gasteiger partial charge is 0.294 e. The predicted molar refractivity (Wildman–Crippen MR) is 69.8 cm³/mol.